The number of nitrogen functional groups attached to an aromatic ring is 1. The highest BCUT2D eigenvalue weighted by atomic mass is 19.1. The number of carboxylic acid groups (broad SMARTS) is 1. The summed E-state index contributed by atoms with van der Waals surface area (Å²) in [5.74, 6) is -0.516. The Kier molecular flexibility index (Phi) is 2.36. The van der Waals surface area contributed by atoms with E-state index < -0.39 is 11.9 Å². The molecule has 13 heavy (non-hydrogen) atoms. The Hall–Kier alpha value is -1.78. The lowest BCUT2D eigenvalue weighted by atomic mass is 10.2. The van der Waals surface area contributed by atoms with Crippen molar-refractivity contribution in [2.75, 3.05) is 17.7 Å². The van der Waals surface area contributed by atoms with Crippen LogP contribution in [0, 0.1) is 5.82 Å². The lowest BCUT2D eigenvalue weighted by molar-refractivity contribution is 0.203. The maximum absolute atomic E-state index is 12.7. The van der Waals surface area contributed by atoms with Gasteiger partial charge in [-0.2, -0.15) is 0 Å². The highest BCUT2D eigenvalue weighted by Gasteiger charge is 2.11. The molecule has 0 aliphatic heterocycles. The molecule has 0 saturated carbocycles. The minimum absolute atomic E-state index is 0.146. The Morgan fingerprint density at radius 2 is 2.23 bits per heavy atom. The molecule has 0 radical (unpaired) electrons. The van der Waals surface area contributed by atoms with Gasteiger partial charge in [0, 0.05) is 7.05 Å². The van der Waals surface area contributed by atoms with Gasteiger partial charge in [0.1, 0.15) is 5.82 Å². The second-order valence-electron chi connectivity index (χ2n) is 2.54. The Balaban J connectivity index is 3.12. The van der Waals surface area contributed by atoms with E-state index in [1.54, 1.807) is 0 Å². The van der Waals surface area contributed by atoms with E-state index in [2.05, 4.69) is 0 Å². The zero-order valence-corrected chi connectivity index (χ0v) is 6.99. The number of anilines is 2. The van der Waals surface area contributed by atoms with Crippen LogP contribution in [-0.2, 0) is 0 Å². The molecule has 1 aromatic carbocycles. The number of nitrogens with zero attached hydrogens (tertiary/aromatic N) is 1. The number of hydrogen-bond donors (Lipinski definition) is 2. The SMILES string of the molecule is CN(C(=O)O)c1cc(F)ccc1N. The molecular formula is C8H9FN2O2. The van der Waals surface area contributed by atoms with Crippen molar-refractivity contribution in [3.63, 3.8) is 0 Å². The number of carbonyl (C=O) groups is 1. The van der Waals surface area contributed by atoms with Crippen molar-refractivity contribution in [2.45, 2.75) is 0 Å². The van der Waals surface area contributed by atoms with Gasteiger partial charge in [0.25, 0.3) is 0 Å². The van der Waals surface area contributed by atoms with Crippen LogP contribution < -0.4 is 10.6 Å². The van der Waals surface area contributed by atoms with Crippen LogP contribution in [-0.4, -0.2) is 18.2 Å². The number of nitrogens with two attached hydrogens (primary N) is 1. The highest BCUT2D eigenvalue weighted by Crippen LogP contribution is 2.22. The number of halogens is 1. The summed E-state index contributed by atoms with van der Waals surface area (Å²) in [6.07, 6.45) is -1.18. The van der Waals surface area contributed by atoms with Crippen LogP contribution in [0.15, 0.2) is 18.2 Å². The van der Waals surface area contributed by atoms with E-state index in [0.29, 0.717) is 0 Å². The van der Waals surface area contributed by atoms with Crippen LogP contribution in [0.5, 0.6) is 0 Å². The number of hydrogen-bond acceptors (Lipinski definition) is 2. The average Bonchev–Trinajstić information content (AvgIpc) is 2.08. The topological polar surface area (TPSA) is 66.6 Å². The first-order chi connectivity index (χ1) is 6.02. The van der Waals surface area contributed by atoms with E-state index in [0.717, 1.165) is 11.0 Å². The second kappa shape index (κ2) is 3.30. The molecule has 3 N–H and O–H groups in total. The maximum Gasteiger partial charge on any atom is 0.411 e. The molecule has 4 nitrogen and oxygen atoms in total. The molecule has 0 heterocycles. The van der Waals surface area contributed by atoms with Crippen molar-refractivity contribution in [1.82, 2.24) is 0 Å². The third kappa shape index (κ3) is 1.87. The molecule has 70 valence electrons. The first kappa shape index (κ1) is 9.31. The molecule has 0 aliphatic rings. The minimum atomic E-state index is -1.18. The third-order valence-electron chi connectivity index (χ3n) is 1.64. The van der Waals surface area contributed by atoms with Gasteiger partial charge >= 0.3 is 6.09 Å². The first-order valence-electron chi connectivity index (χ1n) is 3.54. The Morgan fingerprint density at radius 3 is 2.77 bits per heavy atom. The van der Waals surface area contributed by atoms with E-state index in [9.17, 15) is 9.18 Å². The minimum Gasteiger partial charge on any atom is -0.465 e. The number of rotatable bonds is 1. The monoisotopic (exact) mass is 184 g/mol. The van der Waals surface area contributed by atoms with Crippen molar-refractivity contribution >= 4 is 17.5 Å². The smallest absolute Gasteiger partial charge is 0.411 e. The molecule has 0 saturated heterocycles. The lowest BCUT2D eigenvalue weighted by Crippen LogP contribution is -2.24. The lowest BCUT2D eigenvalue weighted by Gasteiger charge is -2.14. The average molecular weight is 184 g/mol. The molecule has 1 amide bonds. The van der Waals surface area contributed by atoms with Gasteiger partial charge < -0.3 is 10.8 Å². The van der Waals surface area contributed by atoms with Crippen LogP contribution in [0.3, 0.4) is 0 Å². The molecule has 0 aliphatic carbocycles. The van der Waals surface area contributed by atoms with E-state index in [-0.39, 0.29) is 11.4 Å². The zero-order valence-electron chi connectivity index (χ0n) is 6.99. The third-order valence-corrected chi connectivity index (χ3v) is 1.64. The molecule has 5 heteroatoms. The van der Waals surface area contributed by atoms with Crippen molar-refractivity contribution in [1.29, 1.82) is 0 Å². The van der Waals surface area contributed by atoms with Gasteiger partial charge in [0.05, 0.1) is 11.4 Å². The van der Waals surface area contributed by atoms with Gasteiger partial charge in [0.2, 0.25) is 0 Å². The number of amides is 1. The van der Waals surface area contributed by atoms with Crippen molar-refractivity contribution in [3.8, 4) is 0 Å². The van der Waals surface area contributed by atoms with Crippen LogP contribution in [0.1, 0.15) is 0 Å². The summed E-state index contributed by atoms with van der Waals surface area (Å²) >= 11 is 0. The van der Waals surface area contributed by atoms with E-state index in [4.69, 9.17) is 10.8 Å². The number of benzene rings is 1. The predicted octanol–water partition coefficient (Wildman–Crippen LogP) is 1.52. The summed E-state index contributed by atoms with van der Waals surface area (Å²) in [7, 11) is 1.30. The fourth-order valence-corrected chi connectivity index (χ4v) is 0.910. The normalized spacial score (nSPS) is 9.69. The summed E-state index contributed by atoms with van der Waals surface area (Å²) in [6, 6.07) is 3.57. The summed E-state index contributed by atoms with van der Waals surface area (Å²) < 4.78 is 12.7. The quantitative estimate of drug-likeness (QED) is 0.650. The van der Waals surface area contributed by atoms with Crippen molar-refractivity contribution in [3.05, 3.63) is 24.0 Å². The molecule has 1 aromatic rings. The first-order valence-corrected chi connectivity index (χ1v) is 3.54. The molecule has 0 spiro atoms. The van der Waals surface area contributed by atoms with Crippen LogP contribution in [0.4, 0.5) is 20.6 Å². The Bertz CT molecular complexity index is 341. The summed E-state index contributed by atoms with van der Waals surface area (Å²) in [5.41, 5.74) is 5.83. The van der Waals surface area contributed by atoms with E-state index >= 15 is 0 Å². The molecule has 0 atom stereocenters. The highest BCUT2D eigenvalue weighted by molar-refractivity contribution is 5.89. The van der Waals surface area contributed by atoms with E-state index in [1.165, 1.54) is 19.2 Å². The van der Waals surface area contributed by atoms with E-state index in [1.807, 2.05) is 0 Å². The van der Waals surface area contributed by atoms with Crippen LogP contribution in [0.25, 0.3) is 0 Å². The van der Waals surface area contributed by atoms with Crippen LogP contribution in [0.2, 0.25) is 0 Å². The van der Waals surface area contributed by atoms with Gasteiger partial charge in [-0.15, -0.1) is 0 Å². The molecule has 0 bridgehead atoms. The fraction of sp³-hybridized carbons (Fsp3) is 0.125. The molecule has 0 unspecified atom stereocenters. The van der Waals surface area contributed by atoms with Crippen LogP contribution >= 0.6 is 0 Å². The predicted molar refractivity (Wildman–Crippen MR) is 47.2 cm³/mol. The molecule has 0 fully saturated rings. The second-order valence-corrected chi connectivity index (χ2v) is 2.54. The van der Waals surface area contributed by atoms with Gasteiger partial charge in [-0.05, 0) is 18.2 Å². The summed E-state index contributed by atoms with van der Waals surface area (Å²) in [4.78, 5) is 11.4. The van der Waals surface area contributed by atoms with Crippen molar-refractivity contribution in [2.24, 2.45) is 0 Å². The Labute approximate surface area is 74.4 Å². The standard InChI is InChI=1S/C8H9FN2O2/c1-11(8(12)13)7-4-5(9)2-3-6(7)10/h2-4H,10H2,1H3,(H,12,13). The Morgan fingerprint density at radius 1 is 1.62 bits per heavy atom. The molecule has 0 aromatic heterocycles. The van der Waals surface area contributed by atoms with Gasteiger partial charge in [-0.1, -0.05) is 0 Å². The van der Waals surface area contributed by atoms with Gasteiger partial charge in [0.15, 0.2) is 0 Å². The summed E-state index contributed by atoms with van der Waals surface area (Å²) in [5, 5.41) is 8.60. The van der Waals surface area contributed by atoms with Crippen molar-refractivity contribution < 1.29 is 14.3 Å². The fourth-order valence-electron chi connectivity index (χ4n) is 0.910. The zero-order chi connectivity index (χ0) is 10.0. The largest absolute Gasteiger partial charge is 0.465 e. The van der Waals surface area contributed by atoms with Gasteiger partial charge in [-0.3, -0.25) is 4.90 Å². The summed E-state index contributed by atoms with van der Waals surface area (Å²) in [6.45, 7) is 0. The maximum atomic E-state index is 12.7. The molecular weight excluding hydrogens is 175 g/mol. The van der Waals surface area contributed by atoms with Gasteiger partial charge in [-0.25, -0.2) is 9.18 Å². The molecule has 1 rings (SSSR count).